The second-order valence-electron chi connectivity index (χ2n) is 7.82. The molecule has 4 rings (SSSR count). The summed E-state index contributed by atoms with van der Waals surface area (Å²) in [7, 11) is 0. The van der Waals surface area contributed by atoms with Crippen LogP contribution in [0.3, 0.4) is 0 Å². The number of halogens is 1. The van der Waals surface area contributed by atoms with Crippen molar-refractivity contribution in [1.82, 2.24) is 15.2 Å². The summed E-state index contributed by atoms with van der Waals surface area (Å²) in [5, 5.41) is 6.16. The molecule has 0 atom stereocenters. The minimum atomic E-state index is -0.704. The monoisotopic (exact) mass is 435 g/mol. The van der Waals surface area contributed by atoms with E-state index in [0.29, 0.717) is 37.6 Å². The molecular weight excluding hydrogens is 409 g/mol. The molecule has 0 unspecified atom stereocenters. The van der Waals surface area contributed by atoms with Gasteiger partial charge in [0.2, 0.25) is 0 Å². The summed E-state index contributed by atoms with van der Waals surface area (Å²) in [5.41, 5.74) is 2.71. The number of carbonyl (C=O) groups is 2. The van der Waals surface area contributed by atoms with Crippen LogP contribution in [-0.4, -0.2) is 61.0 Å². The molecular formula is C24H26FN5O2. The van der Waals surface area contributed by atoms with E-state index in [1.807, 2.05) is 42.2 Å². The van der Waals surface area contributed by atoms with E-state index >= 15 is 0 Å². The molecule has 1 fully saturated rings. The highest BCUT2D eigenvalue weighted by Gasteiger charge is 2.20. The fourth-order valence-corrected chi connectivity index (χ4v) is 3.92. The first-order chi connectivity index (χ1) is 15.5. The molecule has 8 heteroatoms. The van der Waals surface area contributed by atoms with Crippen molar-refractivity contribution in [3.05, 3.63) is 66.1 Å². The average molecular weight is 436 g/mol. The van der Waals surface area contributed by atoms with Gasteiger partial charge in [-0.1, -0.05) is 30.3 Å². The summed E-state index contributed by atoms with van der Waals surface area (Å²) in [5.74, 6) is -1.59. The number of nitrogens with zero attached hydrogens (tertiary/aromatic N) is 3. The smallest absolute Gasteiger partial charge is 0.313 e. The summed E-state index contributed by atoms with van der Waals surface area (Å²) in [4.78, 5) is 33.3. The van der Waals surface area contributed by atoms with Gasteiger partial charge in [-0.2, -0.15) is 0 Å². The first-order valence-electron chi connectivity index (χ1n) is 10.7. The topological polar surface area (TPSA) is 77.6 Å². The second kappa shape index (κ2) is 9.74. The van der Waals surface area contributed by atoms with Gasteiger partial charge < -0.3 is 15.5 Å². The van der Waals surface area contributed by atoms with Gasteiger partial charge in [0.25, 0.3) is 0 Å². The molecule has 0 aliphatic carbocycles. The number of fused-ring (bicyclic) bond motifs is 1. The highest BCUT2D eigenvalue weighted by atomic mass is 19.1. The van der Waals surface area contributed by atoms with Crippen LogP contribution in [0.25, 0.3) is 10.9 Å². The van der Waals surface area contributed by atoms with Gasteiger partial charge in [-0.25, -0.2) is 4.39 Å². The fourth-order valence-electron chi connectivity index (χ4n) is 3.92. The zero-order chi connectivity index (χ0) is 22.5. The van der Waals surface area contributed by atoms with Crippen LogP contribution in [0.15, 0.2) is 54.6 Å². The maximum Gasteiger partial charge on any atom is 0.313 e. The number of carbonyl (C=O) groups excluding carboxylic acids is 2. The van der Waals surface area contributed by atoms with Gasteiger partial charge >= 0.3 is 11.8 Å². The van der Waals surface area contributed by atoms with E-state index in [9.17, 15) is 14.0 Å². The quantitative estimate of drug-likeness (QED) is 0.603. The molecule has 0 radical (unpaired) electrons. The Morgan fingerprint density at radius 3 is 2.50 bits per heavy atom. The summed E-state index contributed by atoms with van der Waals surface area (Å²) < 4.78 is 14.0. The van der Waals surface area contributed by atoms with Crippen LogP contribution in [0.5, 0.6) is 0 Å². The Morgan fingerprint density at radius 1 is 1.00 bits per heavy atom. The number of pyridine rings is 1. The Labute approximate surface area is 186 Å². The molecule has 1 saturated heterocycles. The van der Waals surface area contributed by atoms with Crippen LogP contribution in [0, 0.1) is 12.7 Å². The second-order valence-corrected chi connectivity index (χ2v) is 7.82. The third-order valence-corrected chi connectivity index (χ3v) is 5.58. The first-order valence-corrected chi connectivity index (χ1v) is 10.7. The Morgan fingerprint density at radius 2 is 1.72 bits per heavy atom. The van der Waals surface area contributed by atoms with E-state index in [1.54, 1.807) is 18.2 Å². The minimum Gasteiger partial charge on any atom is -0.367 e. The Bertz CT molecular complexity index is 1130. The van der Waals surface area contributed by atoms with Gasteiger partial charge in [0.05, 0.1) is 16.9 Å². The number of para-hydroxylation sites is 2. The Balaban J connectivity index is 1.24. The third kappa shape index (κ3) is 5.03. The molecule has 1 aromatic heterocycles. The predicted octanol–water partition coefficient (Wildman–Crippen LogP) is 2.56. The molecule has 0 bridgehead atoms. The summed E-state index contributed by atoms with van der Waals surface area (Å²) in [6, 6.07) is 16.0. The van der Waals surface area contributed by atoms with Gasteiger partial charge in [0.15, 0.2) is 0 Å². The summed E-state index contributed by atoms with van der Waals surface area (Å²) in [6.07, 6.45) is 0. The highest BCUT2D eigenvalue weighted by Crippen LogP contribution is 2.23. The van der Waals surface area contributed by atoms with E-state index in [4.69, 9.17) is 0 Å². The van der Waals surface area contributed by atoms with Gasteiger partial charge in [-0.3, -0.25) is 19.5 Å². The largest absolute Gasteiger partial charge is 0.367 e. The van der Waals surface area contributed by atoms with Crippen molar-refractivity contribution in [1.29, 1.82) is 0 Å². The number of hydrogen-bond acceptors (Lipinski definition) is 5. The molecule has 32 heavy (non-hydrogen) atoms. The van der Waals surface area contributed by atoms with Crippen LogP contribution in [0.1, 0.15) is 5.69 Å². The predicted molar refractivity (Wildman–Crippen MR) is 123 cm³/mol. The van der Waals surface area contributed by atoms with Crippen molar-refractivity contribution < 1.29 is 14.0 Å². The maximum absolute atomic E-state index is 14.0. The molecule has 1 aliphatic heterocycles. The van der Waals surface area contributed by atoms with Crippen molar-refractivity contribution in [3.63, 3.8) is 0 Å². The van der Waals surface area contributed by atoms with E-state index in [1.165, 1.54) is 6.07 Å². The number of rotatable bonds is 5. The molecule has 0 saturated carbocycles. The van der Waals surface area contributed by atoms with E-state index < -0.39 is 11.8 Å². The van der Waals surface area contributed by atoms with Gasteiger partial charge in [0.1, 0.15) is 5.82 Å². The number of aromatic nitrogens is 1. The van der Waals surface area contributed by atoms with Crippen molar-refractivity contribution in [2.24, 2.45) is 0 Å². The van der Waals surface area contributed by atoms with Gasteiger partial charge in [0, 0.05) is 50.3 Å². The van der Waals surface area contributed by atoms with Crippen molar-refractivity contribution in [3.8, 4) is 0 Å². The van der Waals surface area contributed by atoms with Crippen LogP contribution >= 0.6 is 0 Å². The average Bonchev–Trinajstić information content (AvgIpc) is 2.80. The highest BCUT2D eigenvalue weighted by molar-refractivity contribution is 6.40. The molecule has 2 heterocycles. The van der Waals surface area contributed by atoms with Crippen molar-refractivity contribution in [2.45, 2.75) is 6.92 Å². The molecule has 2 N–H and O–H groups in total. The van der Waals surface area contributed by atoms with E-state index in [0.717, 1.165) is 29.7 Å². The number of hydrogen-bond donors (Lipinski definition) is 2. The third-order valence-electron chi connectivity index (χ3n) is 5.58. The molecule has 2 aromatic carbocycles. The van der Waals surface area contributed by atoms with E-state index in [2.05, 4.69) is 20.5 Å². The summed E-state index contributed by atoms with van der Waals surface area (Å²) >= 11 is 0. The van der Waals surface area contributed by atoms with E-state index in [-0.39, 0.29) is 5.82 Å². The Kier molecular flexibility index (Phi) is 6.61. The van der Waals surface area contributed by atoms with Crippen molar-refractivity contribution in [2.75, 3.05) is 49.5 Å². The standard InChI is InChI=1S/C24H26FN5O2/c1-17-16-21(18-6-2-4-8-20(18)27-17)28-24(32)23(31)26-10-11-29-12-14-30(15-13-29)22-9-5-3-7-19(22)25/h2-9,16H,10-15H2,1H3,(H,26,31)(H,27,28,32). The Hall–Kier alpha value is -3.52. The van der Waals surface area contributed by atoms with Crippen LogP contribution < -0.4 is 15.5 Å². The SMILES string of the molecule is Cc1cc(NC(=O)C(=O)NCCN2CCN(c3ccccc3F)CC2)c2ccccc2n1. The lowest BCUT2D eigenvalue weighted by Crippen LogP contribution is -2.49. The number of amides is 2. The normalized spacial score (nSPS) is 14.4. The molecule has 2 amide bonds. The maximum atomic E-state index is 14.0. The zero-order valence-corrected chi connectivity index (χ0v) is 18.0. The number of nitrogens with one attached hydrogen (secondary N) is 2. The lowest BCUT2D eigenvalue weighted by atomic mass is 10.1. The zero-order valence-electron chi connectivity index (χ0n) is 18.0. The lowest BCUT2D eigenvalue weighted by Gasteiger charge is -2.36. The fraction of sp³-hybridized carbons (Fsp3) is 0.292. The van der Waals surface area contributed by atoms with Gasteiger partial charge in [-0.05, 0) is 31.2 Å². The number of benzene rings is 2. The van der Waals surface area contributed by atoms with Gasteiger partial charge in [-0.15, -0.1) is 0 Å². The lowest BCUT2D eigenvalue weighted by molar-refractivity contribution is -0.136. The number of aryl methyl sites for hydroxylation is 1. The molecule has 7 nitrogen and oxygen atoms in total. The van der Waals surface area contributed by atoms with Crippen LogP contribution in [-0.2, 0) is 9.59 Å². The molecule has 166 valence electrons. The van der Waals surface area contributed by atoms with Crippen LogP contribution in [0.2, 0.25) is 0 Å². The molecule has 1 aliphatic rings. The van der Waals surface area contributed by atoms with Crippen molar-refractivity contribution >= 4 is 34.1 Å². The minimum absolute atomic E-state index is 0.212. The first kappa shape index (κ1) is 21.7. The molecule has 3 aromatic rings. The molecule has 0 spiro atoms. The summed E-state index contributed by atoms with van der Waals surface area (Å²) in [6.45, 7) is 5.78. The number of piperazine rings is 1. The van der Waals surface area contributed by atoms with Crippen LogP contribution in [0.4, 0.5) is 15.8 Å². The number of anilines is 2.